The predicted molar refractivity (Wildman–Crippen MR) is 173 cm³/mol. The molecule has 0 aliphatic carbocycles. The topological polar surface area (TPSA) is 145 Å². The summed E-state index contributed by atoms with van der Waals surface area (Å²) in [6.07, 6.45) is 5.32. The zero-order valence-electron chi connectivity index (χ0n) is 26.4. The Balaban J connectivity index is 0.00000101. The number of nitrogens with zero attached hydrogens (tertiary/aromatic N) is 2. The standard InChI is InChI=1S/C32H34N2O2.2C2H4O2.Co/c1-21(2)15-23-11-13-30(35)26(17-23)19-33-28-9-5-7-25-8-6-10-29(32(25)28)34-20-27-18-24(16-22(3)4)12-14-31(27)36;2*1-2(3)4;/h5-14,17-22,35-36H,15-16H2,1-4H3;2*1H3,(H,3,4);/q;;;+2/p-2. The number of carboxylic acid groups (broad SMARTS) is 2. The molecule has 0 aliphatic rings. The van der Waals surface area contributed by atoms with Gasteiger partial charge in [0.15, 0.2) is 0 Å². The molecule has 0 bridgehead atoms. The van der Waals surface area contributed by atoms with Gasteiger partial charge in [-0.25, -0.2) is 0 Å². The van der Waals surface area contributed by atoms with Crippen molar-refractivity contribution < 1.29 is 46.8 Å². The first-order valence-corrected chi connectivity index (χ1v) is 14.4. The maximum absolute atomic E-state index is 10.4. The fourth-order valence-corrected chi connectivity index (χ4v) is 4.41. The van der Waals surface area contributed by atoms with Gasteiger partial charge in [-0.15, -0.1) is 0 Å². The van der Waals surface area contributed by atoms with Gasteiger partial charge in [-0.3, -0.25) is 9.98 Å². The number of benzene rings is 4. The first-order chi connectivity index (χ1) is 20.8. The minimum Gasteiger partial charge on any atom is -0.550 e. The van der Waals surface area contributed by atoms with Crippen molar-refractivity contribution >= 4 is 46.5 Å². The van der Waals surface area contributed by atoms with Crippen LogP contribution in [0.2, 0.25) is 0 Å². The fourth-order valence-electron chi connectivity index (χ4n) is 4.41. The Labute approximate surface area is 275 Å². The van der Waals surface area contributed by atoms with Gasteiger partial charge in [0.05, 0.1) is 11.4 Å². The average molecular weight is 656 g/mol. The Hall–Kier alpha value is -4.47. The van der Waals surface area contributed by atoms with Crippen LogP contribution < -0.4 is 10.2 Å². The molecular formula is C36H40CoN2O6. The first kappa shape index (κ1) is 38.6. The Kier molecular flexibility index (Phi) is 16.3. The van der Waals surface area contributed by atoms with Crippen molar-refractivity contribution in [1.29, 1.82) is 0 Å². The van der Waals surface area contributed by atoms with Crippen molar-refractivity contribution in [3.05, 3.63) is 95.1 Å². The molecule has 4 rings (SSSR count). The van der Waals surface area contributed by atoms with Crippen LogP contribution in [-0.2, 0) is 39.2 Å². The Morgan fingerprint density at radius 1 is 0.689 bits per heavy atom. The number of phenols is 2. The van der Waals surface area contributed by atoms with Crippen molar-refractivity contribution in [2.75, 3.05) is 0 Å². The second-order valence-corrected chi connectivity index (χ2v) is 11.1. The molecule has 0 saturated heterocycles. The summed E-state index contributed by atoms with van der Waals surface area (Å²) in [6, 6.07) is 23.3. The van der Waals surface area contributed by atoms with E-state index in [1.54, 1.807) is 24.6 Å². The number of aliphatic imine (C=N–C) groups is 2. The summed E-state index contributed by atoms with van der Waals surface area (Å²) < 4.78 is 0. The Morgan fingerprint density at radius 3 is 1.38 bits per heavy atom. The van der Waals surface area contributed by atoms with Crippen LogP contribution >= 0.6 is 0 Å². The van der Waals surface area contributed by atoms with Crippen LogP contribution in [0.5, 0.6) is 11.5 Å². The molecule has 0 unspecified atom stereocenters. The third-order valence-electron chi connectivity index (χ3n) is 6.02. The molecule has 9 heteroatoms. The maximum Gasteiger partial charge on any atom is 2.00 e. The van der Waals surface area contributed by atoms with Gasteiger partial charge in [0.2, 0.25) is 0 Å². The van der Waals surface area contributed by atoms with E-state index in [4.69, 9.17) is 29.8 Å². The number of fused-ring (bicyclic) bond motifs is 1. The van der Waals surface area contributed by atoms with E-state index < -0.39 is 11.9 Å². The van der Waals surface area contributed by atoms with Crippen molar-refractivity contribution in [2.45, 2.75) is 54.4 Å². The van der Waals surface area contributed by atoms with Crippen molar-refractivity contribution in [3.8, 4) is 11.5 Å². The van der Waals surface area contributed by atoms with Crippen LogP contribution in [0, 0.1) is 11.8 Å². The van der Waals surface area contributed by atoms with E-state index in [2.05, 4.69) is 27.7 Å². The summed E-state index contributed by atoms with van der Waals surface area (Å²) in [7, 11) is 0. The van der Waals surface area contributed by atoms with Crippen LogP contribution in [0.25, 0.3) is 10.8 Å². The molecule has 45 heavy (non-hydrogen) atoms. The van der Waals surface area contributed by atoms with Crippen LogP contribution in [0.1, 0.15) is 63.8 Å². The number of carboxylic acids is 2. The Bertz CT molecular complexity index is 1510. The number of carbonyl (C=O) groups is 2. The average Bonchev–Trinajstić information content (AvgIpc) is 2.92. The van der Waals surface area contributed by atoms with E-state index in [1.165, 1.54) is 11.1 Å². The van der Waals surface area contributed by atoms with E-state index in [9.17, 15) is 10.2 Å². The summed E-state index contributed by atoms with van der Waals surface area (Å²) in [5.41, 5.74) is 5.27. The molecular weight excluding hydrogens is 615 g/mol. The van der Waals surface area contributed by atoms with Gasteiger partial charge in [-0.2, -0.15) is 0 Å². The van der Waals surface area contributed by atoms with Crippen LogP contribution in [-0.4, -0.2) is 34.6 Å². The van der Waals surface area contributed by atoms with E-state index in [0.717, 1.165) is 48.8 Å². The molecule has 8 nitrogen and oxygen atoms in total. The minimum absolute atomic E-state index is 0. The van der Waals surface area contributed by atoms with Crippen molar-refractivity contribution in [3.63, 3.8) is 0 Å². The summed E-state index contributed by atoms with van der Waals surface area (Å²) in [5, 5.41) is 40.5. The number of hydrogen-bond donors (Lipinski definition) is 2. The first-order valence-electron chi connectivity index (χ1n) is 14.4. The molecule has 239 valence electrons. The summed E-state index contributed by atoms with van der Waals surface area (Å²) in [5.74, 6) is -0.686. The molecule has 1 radical (unpaired) electrons. The Morgan fingerprint density at radius 2 is 1.04 bits per heavy atom. The predicted octanol–water partition coefficient (Wildman–Crippen LogP) is 5.66. The third kappa shape index (κ3) is 13.8. The molecule has 0 amide bonds. The second kappa shape index (κ2) is 19.0. The number of aromatic hydroxyl groups is 2. The van der Waals surface area contributed by atoms with Gasteiger partial charge in [-0.1, -0.05) is 64.1 Å². The number of hydrogen-bond acceptors (Lipinski definition) is 8. The normalized spacial score (nSPS) is 10.8. The monoisotopic (exact) mass is 655 g/mol. The third-order valence-corrected chi connectivity index (χ3v) is 6.02. The largest absolute Gasteiger partial charge is 2.00 e. The molecule has 0 atom stereocenters. The molecule has 4 aromatic carbocycles. The number of rotatable bonds is 8. The maximum atomic E-state index is 10.4. The number of carbonyl (C=O) groups excluding carboxylic acids is 2. The minimum atomic E-state index is -1.08. The molecule has 0 heterocycles. The van der Waals surface area contributed by atoms with Crippen molar-refractivity contribution in [2.24, 2.45) is 21.8 Å². The summed E-state index contributed by atoms with van der Waals surface area (Å²) in [6.45, 7) is 10.7. The second-order valence-electron chi connectivity index (χ2n) is 11.1. The van der Waals surface area contributed by atoms with E-state index in [-0.39, 0.29) is 28.3 Å². The van der Waals surface area contributed by atoms with Gasteiger partial charge >= 0.3 is 16.8 Å². The number of phenolic OH excluding ortho intramolecular Hbond substituents is 2. The fraction of sp³-hybridized carbons (Fsp3) is 0.278. The molecule has 4 aromatic rings. The summed E-state index contributed by atoms with van der Waals surface area (Å²) >= 11 is 0. The number of aliphatic carboxylic acids is 2. The van der Waals surface area contributed by atoms with Gasteiger partial charge in [0.1, 0.15) is 11.5 Å². The zero-order chi connectivity index (χ0) is 32.8. The molecule has 0 saturated carbocycles. The van der Waals surface area contributed by atoms with Gasteiger partial charge in [-0.05, 0) is 91.4 Å². The molecule has 0 aliphatic heterocycles. The van der Waals surface area contributed by atoms with Gasteiger partial charge in [0, 0.05) is 40.9 Å². The smallest absolute Gasteiger partial charge is 0.550 e. The van der Waals surface area contributed by atoms with E-state index in [0.29, 0.717) is 23.0 Å². The van der Waals surface area contributed by atoms with Crippen LogP contribution in [0.3, 0.4) is 0 Å². The molecule has 2 N–H and O–H groups in total. The van der Waals surface area contributed by atoms with Crippen LogP contribution in [0.15, 0.2) is 82.8 Å². The van der Waals surface area contributed by atoms with E-state index in [1.807, 2.05) is 60.7 Å². The van der Waals surface area contributed by atoms with Crippen LogP contribution in [0.4, 0.5) is 11.4 Å². The molecule has 0 spiro atoms. The van der Waals surface area contributed by atoms with E-state index >= 15 is 0 Å². The van der Waals surface area contributed by atoms with Gasteiger partial charge < -0.3 is 30.0 Å². The summed E-state index contributed by atoms with van der Waals surface area (Å²) in [4.78, 5) is 27.3. The quantitative estimate of drug-likeness (QED) is 0.235. The molecule has 0 fully saturated rings. The van der Waals surface area contributed by atoms with Crippen molar-refractivity contribution in [1.82, 2.24) is 0 Å². The van der Waals surface area contributed by atoms with Gasteiger partial charge in [0.25, 0.3) is 0 Å². The SMILES string of the molecule is CC(=O)[O-].CC(=O)[O-].CC(C)Cc1ccc(O)c(C=Nc2cccc3cccc(N=Cc4cc(CC(C)C)ccc4O)c23)c1.[Co+2]. The molecule has 0 aromatic heterocycles. The zero-order valence-corrected chi connectivity index (χ0v) is 27.4.